The molecule has 4 heterocycles. The van der Waals surface area contributed by atoms with Crippen LogP contribution in [0.2, 0.25) is 5.02 Å². The lowest BCUT2D eigenvalue weighted by atomic mass is 9.86. The molecule has 0 spiro atoms. The number of anilines is 2. The first-order chi connectivity index (χ1) is 19.3. The normalized spacial score (nSPS) is 16.8. The van der Waals surface area contributed by atoms with E-state index in [9.17, 15) is 19.5 Å². The Balaban J connectivity index is 1.38. The Morgan fingerprint density at radius 1 is 1.23 bits per heavy atom. The molecule has 40 heavy (non-hydrogen) atoms. The summed E-state index contributed by atoms with van der Waals surface area (Å²) in [5.74, 6) is -0.895. The van der Waals surface area contributed by atoms with Crippen molar-refractivity contribution in [2.75, 3.05) is 36.6 Å². The Morgan fingerprint density at radius 2 is 2.02 bits per heavy atom. The second-order valence-electron chi connectivity index (χ2n) is 10.2. The zero-order valence-corrected chi connectivity index (χ0v) is 23.8. The van der Waals surface area contributed by atoms with E-state index in [1.54, 1.807) is 24.2 Å². The third kappa shape index (κ3) is 6.35. The SMILES string of the molecule is CN(C(=O)C(CC(=O)O)CC1CCOCC1)c1nc(-c2cc(Cl)ccc2-c2ccc(N3CCCC3=O)nc2)cs1. The summed E-state index contributed by atoms with van der Waals surface area (Å²) in [4.78, 5) is 49.6. The van der Waals surface area contributed by atoms with Crippen LogP contribution < -0.4 is 9.80 Å². The zero-order chi connectivity index (χ0) is 28.2. The number of pyridine rings is 1. The summed E-state index contributed by atoms with van der Waals surface area (Å²) in [6.07, 6.45) is 5.07. The summed E-state index contributed by atoms with van der Waals surface area (Å²) >= 11 is 7.69. The second-order valence-corrected chi connectivity index (χ2v) is 11.5. The van der Waals surface area contributed by atoms with Gasteiger partial charge < -0.3 is 9.84 Å². The number of aliphatic carboxylic acids is 1. The monoisotopic (exact) mass is 582 g/mol. The highest BCUT2D eigenvalue weighted by Crippen LogP contribution is 2.37. The molecule has 9 nitrogen and oxygen atoms in total. The molecule has 0 aliphatic carbocycles. The number of aromatic nitrogens is 2. The minimum Gasteiger partial charge on any atom is -0.481 e. The summed E-state index contributed by atoms with van der Waals surface area (Å²) in [5, 5.41) is 12.4. The smallest absolute Gasteiger partial charge is 0.304 e. The second kappa shape index (κ2) is 12.4. The molecule has 3 aromatic rings. The van der Waals surface area contributed by atoms with Crippen molar-refractivity contribution in [2.24, 2.45) is 11.8 Å². The summed E-state index contributed by atoms with van der Waals surface area (Å²) in [7, 11) is 1.64. The predicted molar refractivity (Wildman–Crippen MR) is 155 cm³/mol. The molecule has 5 rings (SSSR count). The van der Waals surface area contributed by atoms with Crippen molar-refractivity contribution in [1.82, 2.24) is 9.97 Å². The number of hydrogen-bond donors (Lipinski definition) is 1. The summed E-state index contributed by atoms with van der Waals surface area (Å²) < 4.78 is 5.42. The highest BCUT2D eigenvalue weighted by atomic mass is 35.5. The lowest BCUT2D eigenvalue weighted by Crippen LogP contribution is -2.35. The van der Waals surface area contributed by atoms with Crippen molar-refractivity contribution in [3.8, 4) is 22.4 Å². The Labute approximate surface area is 241 Å². The molecule has 0 radical (unpaired) electrons. The van der Waals surface area contributed by atoms with Gasteiger partial charge in [0.05, 0.1) is 12.1 Å². The Bertz CT molecular complexity index is 1390. The van der Waals surface area contributed by atoms with E-state index < -0.39 is 11.9 Å². The van der Waals surface area contributed by atoms with Gasteiger partial charge in [-0.05, 0) is 61.4 Å². The van der Waals surface area contributed by atoms with Crippen LogP contribution in [0, 0.1) is 11.8 Å². The van der Waals surface area contributed by atoms with Crippen molar-refractivity contribution in [3.05, 3.63) is 46.9 Å². The van der Waals surface area contributed by atoms with Crippen LogP contribution in [-0.2, 0) is 19.1 Å². The Morgan fingerprint density at radius 3 is 2.70 bits per heavy atom. The van der Waals surface area contributed by atoms with Gasteiger partial charge in [-0.2, -0.15) is 0 Å². The maximum absolute atomic E-state index is 13.4. The van der Waals surface area contributed by atoms with E-state index in [4.69, 9.17) is 21.3 Å². The van der Waals surface area contributed by atoms with Gasteiger partial charge in [-0.3, -0.25) is 24.2 Å². The van der Waals surface area contributed by atoms with Gasteiger partial charge in [-0.1, -0.05) is 17.7 Å². The summed E-state index contributed by atoms with van der Waals surface area (Å²) in [5.41, 5.74) is 3.14. The number of carbonyl (C=O) groups excluding carboxylic acids is 2. The van der Waals surface area contributed by atoms with Gasteiger partial charge in [0.1, 0.15) is 5.82 Å². The van der Waals surface area contributed by atoms with Gasteiger partial charge in [0.2, 0.25) is 11.8 Å². The number of thiazole rings is 1. The van der Waals surface area contributed by atoms with Crippen LogP contribution in [0.25, 0.3) is 22.4 Å². The van der Waals surface area contributed by atoms with Crippen LogP contribution in [0.5, 0.6) is 0 Å². The molecule has 1 unspecified atom stereocenters. The molecule has 0 bridgehead atoms. The molecular formula is C29H31ClN4O5S. The first-order valence-electron chi connectivity index (χ1n) is 13.4. The van der Waals surface area contributed by atoms with Gasteiger partial charge in [-0.15, -0.1) is 11.3 Å². The number of nitrogens with zero attached hydrogens (tertiary/aromatic N) is 4. The largest absolute Gasteiger partial charge is 0.481 e. The Kier molecular flexibility index (Phi) is 8.78. The number of benzene rings is 1. The average molecular weight is 583 g/mol. The topological polar surface area (TPSA) is 113 Å². The molecule has 1 aromatic carbocycles. The molecule has 1 atom stereocenters. The molecule has 1 N–H and O–H groups in total. The third-order valence-corrected chi connectivity index (χ3v) is 8.66. The minimum absolute atomic E-state index is 0.0828. The summed E-state index contributed by atoms with van der Waals surface area (Å²) in [6.45, 7) is 1.95. The fraction of sp³-hybridized carbons (Fsp3) is 0.414. The lowest BCUT2D eigenvalue weighted by molar-refractivity contribution is -0.141. The van der Waals surface area contributed by atoms with Crippen molar-refractivity contribution < 1.29 is 24.2 Å². The standard InChI is InChI=1S/C29H31ClN4O5S/c1-33(28(38)20(14-27(36)37)13-18-8-11-39-12-9-18)29-32-24(17-40-29)23-15-21(30)5-6-22(23)19-4-7-25(31-16-19)34-10-2-3-26(34)35/h4-7,15-18,20H,2-3,8-14H2,1H3,(H,36,37). The zero-order valence-electron chi connectivity index (χ0n) is 22.2. The van der Waals surface area contributed by atoms with Gasteiger partial charge in [-0.25, -0.2) is 9.97 Å². The number of carboxylic acids is 1. The molecular weight excluding hydrogens is 552 g/mol. The quantitative estimate of drug-likeness (QED) is 0.353. The van der Waals surface area contributed by atoms with Crippen LogP contribution in [0.1, 0.15) is 38.5 Å². The molecule has 2 aromatic heterocycles. The van der Waals surface area contributed by atoms with Crippen molar-refractivity contribution in [3.63, 3.8) is 0 Å². The van der Waals surface area contributed by atoms with Crippen LogP contribution in [0.3, 0.4) is 0 Å². The first kappa shape index (κ1) is 28.2. The number of carbonyl (C=O) groups is 3. The van der Waals surface area contributed by atoms with E-state index in [0.717, 1.165) is 36.0 Å². The molecule has 2 amide bonds. The van der Waals surface area contributed by atoms with E-state index in [1.807, 2.05) is 29.6 Å². The molecule has 2 aliphatic heterocycles. The van der Waals surface area contributed by atoms with Gasteiger partial charge in [0, 0.05) is 66.9 Å². The van der Waals surface area contributed by atoms with E-state index in [-0.39, 0.29) is 24.2 Å². The lowest BCUT2D eigenvalue weighted by Gasteiger charge is -2.27. The van der Waals surface area contributed by atoms with Gasteiger partial charge in [0.15, 0.2) is 5.13 Å². The van der Waals surface area contributed by atoms with Crippen LogP contribution in [0.15, 0.2) is 41.9 Å². The molecule has 2 fully saturated rings. The third-order valence-electron chi connectivity index (χ3n) is 7.50. The van der Waals surface area contributed by atoms with Crippen LogP contribution in [-0.4, -0.2) is 59.7 Å². The molecule has 0 saturated carbocycles. The molecule has 11 heteroatoms. The highest BCUT2D eigenvalue weighted by molar-refractivity contribution is 7.14. The van der Waals surface area contributed by atoms with Crippen LogP contribution >= 0.6 is 22.9 Å². The van der Waals surface area contributed by atoms with Gasteiger partial charge >= 0.3 is 5.97 Å². The number of amides is 2. The van der Waals surface area contributed by atoms with E-state index in [2.05, 4.69) is 4.98 Å². The number of hydrogen-bond acceptors (Lipinski definition) is 7. The fourth-order valence-electron chi connectivity index (χ4n) is 5.35. The maximum atomic E-state index is 13.4. The Hall–Kier alpha value is -3.34. The van der Waals surface area contributed by atoms with E-state index in [0.29, 0.717) is 54.3 Å². The molecule has 2 saturated heterocycles. The average Bonchev–Trinajstić information content (AvgIpc) is 3.62. The highest BCUT2D eigenvalue weighted by Gasteiger charge is 2.30. The van der Waals surface area contributed by atoms with Crippen LogP contribution in [0.4, 0.5) is 10.9 Å². The number of halogens is 1. The number of ether oxygens (including phenoxy) is 1. The molecule has 2 aliphatic rings. The number of carboxylic acid groups (broad SMARTS) is 1. The maximum Gasteiger partial charge on any atom is 0.304 e. The van der Waals surface area contributed by atoms with Crippen molar-refractivity contribution in [1.29, 1.82) is 0 Å². The first-order valence-corrected chi connectivity index (χ1v) is 14.6. The fourth-order valence-corrected chi connectivity index (χ4v) is 6.32. The number of rotatable bonds is 9. The minimum atomic E-state index is -0.990. The van der Waals surface area contributed by atoms with Gasteiger partial charge in [0.25, 0.3) is 0 Å². The van der Waals surface area contributed by atoms with E-state index in [1.165, 1.54) is 16.2 Å². The van der Waals surface area contributed by atoms with Crippen molar-refractivity contribution in [2.45, 2.75) is 38.5 Å². The van der Waals surface area contributed by atoms with Crippen molar-refractivity contribution >= 4 is 51.7 Å². The predicted octanol–water partition coefficient (Wildman–Crippen LogP) is 5.52. The molecule has 210 valence electrons. The summed E-state index contributed by atoms with van der Waals surface area (Å²) in [6, 6.07) is 9.30. The van der Waals surface area contributed by atoms with E-state index >= 15 is 0 Å².